The first kappa shape index (κ1) is 17.3. The maximum atomic E-state index is 12.9. The van der Waals surface area contributed by atoms with Crippen LogP contribution in [0.15, 0.2) is 29.3 Å². The molecule has 1 aliphatic heterocycles. The molecule has 0 bridgehead atoms. The van der Waals surface area contributed by atoms with Crippen LogP contribution in [0.4, 0.5) is 5.13 Å². The van der Waals surface area contributed by atoms with Crippen molar-refractivity contribution in [2.75, 3.05) is 31.9 Å². The molecule has 130 valence electrons. The summed E-state index contributed by atoms with van der Waals surface area (Å²) in [7, 11) is -3.43. The minimum Gasteiger partial charge on any atom is -0.375 e. The maximum Gasteiger partial charge on any atom is 0.243 e. The second kappa shape index (κ2) is 6.79. The van der Waals surface area contributed by atoms with Crippen molar-refractivity contribution < 1.29 is 8.42 Å². The smallest absolute Gasteiger partial charge is 0.243 e. The van der Waals surface area contributed by atoms with Crippen molar-refractivity contribution in [2.24, 2.45) is 0 Å². The Morgan fingerprint density at radius 1 is 1.21 bits per heavy atom. The molecule has 0 atom stereocenters. The van der Waals surface area contributed by atoms with Crippen LogP contribution in [0.2, 0.25) is 0 Å². The number of benzene rings is 1. The summed E-state index contributed by atoms with van der Waals surface area (Å²) in [4.78, 5) is 7.83. The van der Waals surface area contributed by atoms with Crippen molar-refractivity contribution >= 4 is 26.5 Å². The Balaban J connectivity index is 1.68. The monoisotopic (exact) mass is 366 g/mol. The number of nitrogens with two attached hydrogens (primary N) is 1. The van der Waals surface area contributed by atoms with Gasteiger partial charge >= 0.3 is 0 Å². The van der Waals surface area contributed by atoms with E-state index in [1.807, 2.05) is 26.0 Å². The SMILES string of the molecule is Cc1ccc(C)c(S(=O)(=O)N2CCN(Cc3cnc(N)s3)CC2)c1. The molecule has 2 aromatic rings. The highest BCUT2D eigenvalue weighted by molar-refractivity contribution is 7.89. The predicted molar refractivity (Wildman–Crippen MR) is 96.5 cm³/mol. The lowest BCUT2D eigenvalue weighted by molar-refractivity contribution is 0.183. The summed E-state index contributed by atoms with van der Waals surface area (Å²) in [5.41, 5.74) is 7.41. The lowest BCUT2D eigenvalue weighted by Crippen LogP contribution is -2.48. The lowest BCUT2D eigenvalue weighted by Gasteiger charge is -2.34. The Labute approximate surface area is 147 Å². The molecule has 0 spiro atoms. The molecule has 0 unspecified atom stereocenters. The molecule has 0 amide bonds. The van der Waals surface area contributed by atoms with Crippen LogP contribution in [0, 0.1) is 13.8 Å². The van der Waals surface area contributed by atoms with Crippen LogP contribution in [0.1, 0.15) is 16.0 Å². The molecule has 0 radical (unpaired) electrons. The fourth-order valence-electron chi connectivity index (χ4n) is 2.87. The molecule has 1 saturated heterocycles. The van der Waals surface area contributed by atoms with Gasteiger partial charge in [0.2, 0.25) is 10.0 Å². The van der Waals surface area contributed by atoms with Gasteiger partial charge in [0, 0.05) is 43.8 Å². The van der Waals surface area contributed by atoms with E-state index < -0.39 is 10.0 Å². The molecule has 2 N–H and O–H groups in total. The van der Waals surface area contributed by atoms with Crippen LogP contribution in [0.25, 0.3) is 0 Å². The van der Waals surface area contributed by atoms with Gasteiger partial charge in [-0.3, -0.25) is 4.90 Å². The first-order valence-corrected chi connectivity index (χ1v) is 10.1. The highest BCUT2D eigenvalue weighted by atomic mass is 32.2. The minimum absolute atomic E-state index is 0.422. The largest absolute Gasteiger partial charge is 0.375 e. The number of hydrogen-bond donors (Lipinski definition) is 1. The van der Waals surface area contributed by atoms with Gasteiger partial charge in [-0.25, -0.2) is 13.4 Å². The Hall–Kier alpha value is -1.48. The second-order valence-electron chi connectivity index (χ2n) is 6.11. The molecule has 2 heterocycles. The third kappa shape index (κ3) is 3.61. The molecule has 1 aromatic heterocycles. The van der Waals surface area contributed by atoms with E-state index in [2.05, 4.69) is 9.88 Å². The van der Waals surface area contributed by atoms with Gasteiger partial charge < -0.3 is 5.73 Å². The summed E-state index contributed by atoms with van der Waals surface area (Å²) in [6, 6.07) is 5.57. The Kier molecular flexibility index (Phi) is 4.91. The quantitative estimate of drug-likeness (QED) is 0.893. The summed E-state index contributed by atoms with van der Waals surface area (Å²) in [6.45, 7) is 6.96. The van der Waals surface area contributed by atoms with Gasteiger partial charge in [-0.1, -0.05) is 12.1 Å². The van der Waals surface area contributed by atoms with E-state index in [1.165, 1.54) is 11.3 Å². The molecule has 1 aromatic carbocycles. The van der Waals surface area contributed by atoms with Crippen LogP contribution < -0.4 is 5.73 Å². The number of nitrogen functional groups attached to an aromatic ring is 1. The fraction of sp³-hybridized carbons (Fsp3) is 0.438. The van der Waals surface area contributed by atoms with E-state index in [-0.39, 0.29) is 0 Å². The molecule has 8 heteroatoms. The Morgan fingerprint density at radius 3 is 2.54 bits per heavy atom. The van der Waals surface area contributed by atoms with Crippen molar-refractivity contribution in [1.82, 2.24) is 14.2 Å². The molecule has 24 heavy (non-hydrogen) atoms. The number of anilines is 1. The molecule has 1 fully saturated rings. The first-order valence-electron chi connectivity index (χ1n) is 7.86. The summed E-state index contributed by atoms with van der Waals surface area (Å²) >= 11 is 1.48. The lowest BCUT2D eigenvalue weighted by atomic mass is 10.2. The Morgan fingerprint density at radius 2 is 1.92 bits per heavy atom. The summed E-state index contributed by atoms with van der Waals surface area (Å²) in [6.07, 6.45) is 1.79. The molecule has 3 rings (SSSR count). The molecular weight excluding hydrogens is 344 g/mol. The average molecular weight is 367 g/mol. The predicted octanol–water partition coefficient (Wildman–Crippen LogP) is 1.85. The molecule has 6 nitrogen and oxygen atoms in total. The van der Waals surface area contributed by atoms with Gasteiger partial charge in [-0.2, -0.15) is 4.31 Å². The number of nitrogens with zero attached hydrogens (tertiary/aromatic N) is 3. The number of sulfonamides is 1. The van der Waals surface area contributed by atoms with E-state index in [1.54, 1.807) is 16.6 Å². The van der Waals surface area contributed by atoms with Gasteiger partial charge in [0.25, 0.3) is 0 Å². The van der Waals surface area contributed by atoms with Crippen molar-refractivity contribution in [3.05, 3.63) is 40.4 Å². The molecule has 0 aliphatic carbocycles. The summed E-state index contributed by atoms with van der Waals surface area (Å²) in [5, 5.41) is 0.570. The normalized spacial score (nSPS) is 17.2. The molecular formula is C16H22N4O2S2. The van der Waals surface area contributed by atoms with Gasteiger partial charge in [-0.15, -0.1) is 11.3 Å². The number of rotatable bonds is 4. The topological polar surface area (TPSA) is 79.5 Å². The van der Waals surface area contributed by atoms with Crippen molar-refractivity contribution in [2.45, 2.75) is 25.3 Å². The van der Waals surface area contributed by atoms with Gasteiger partial charge in [0.05, 0.1) is 4.90 Å². The van der Waals surface area contributed by atoms with Crippen molar-refractivity contribution in [1.29, 1.82) is 0 Å². The van der Waals surface area contributed by atoms with E-state index in [9.17, 15) is 8.42 Å². The highest BCUT2D eigenvalue weighted by Gasteiger charge is 2.29. The number of aryl methyl sites for hydroxylation is 2. The van der Waals surface area contributed by atoms with Crippen LogP contribution in [0.3, 0.4) is 0 Å². The zero-order valence-electron chi connectivity index (χ0n) is 13.9. The Bertz CT molecular complexity index is 824. The van der Waals surface area contributed by atoms with Crippen LogP contribution >= 0.6 is 11.3 Å². The standard InChI is InChI=1S/C16H22N4O2S2/c1-12-3-4-13(2)15(9-12)24(21,22)20-7-5-19(6-8-20)11-14-10-18-16(17)23-14/h3-4,9-10H,5-8,11H2,1-2H3,(H2,17,18). The molecule has 1 aliphatic rings. The zero-order valence-corrected chi connectivity index (χ0v) is 15.5. The second-order valence-corrected chi connectivity index (χ2v) is 9.17. The number of aromatic nitrogens is 1. The van der Waals surface area contributed by atoms with Crippen molar-refractivity contribution in [3.8, 4) is 0 Å². The number of piperazine rings is 1. The van der Waals surface area contributed by atoms with Gasteiger partial charge in [-0.05, 0) is 31.0 Å². The third-order valence-electron chi connectivity index (χ3n) is 4.24. The highest BCUT2D eigenvalue weighted by Crippen LogP contribution is 2.23. The van der Waals surface area contributed by atoms with E-state index >= 15 is 0 Å². The van der Waals surface area contributed by atoms with Crippen LogP contribution in [0.5, 0.6) is 0 Å². The minimum atomic E-state index is -3.43. The average Bonchev–Trinajstić information content (AvgIpc) is 2.95. The van der Waals surface area contributed by atoms with E-state index in [0.717, 1.165) is 22.5 Å². The summed E-state index contributed by atoms with van der Waals surface area (Å²) in [5.74, 6) is 0. The van der Waals surface area contributed by atoms with Gasteiger partial charge in [0.1, 0.15) is 0 Å². The number of thiazole rings is 1. The maximum absolute atomic E-state index is 12.9. The third-order valence-corrected chi connectivity index (χ3v) is 7.10. The molecule has 0 saturated carbocycles. The first-order chi connectivity index (χ1) is 11.4. The zero-order chi connectivity index (χ0) is 17.3. The van der Waals surface area contributed by atoms with Crippen molar-refractivity contribution in [3.63, 3.8) is 0 Å². The fourth-order valence-corrected chi connectivity index (χ4v) is 5.33. The van der Waals surface area contributed by atoms with Gasteiger partial charge in [0.15, 0.2) is 5.13 Å². The van der Waals surface area contributed by atoms with E-state index in [4.69, 9.17) is 5.73 Å². The van der Waals surface area contributed by atoms with Crippen LogP contribution in [-0.2, 0) is 16.6 Å². The number of hydrogen-bond acceptors (Lipinski definition) is 6. The summed E-state index contributed by atoms with van der Waals surface area (Å²) < 4.78 is 27.4. The van der Waals surface area contributed by atoms with Crippen LogP contribution in [-0.4, -0.2) is 48.8 Å². The van der Waals surface area contributed by atoms with E-state index in [0.29, 0.717) is 36.2 Å².